The van der Waals surface area contributed by atoms with Gasteiger partial charge in [0, 0.05) is 5.56 Å². The van der Waals surface area contributed by atoms with Crippen molar-refractivity contribution >= 4 is 27.7 Å². The Balaban J connectivity index is 1.60. The van der Waals surface area contributed by atoms with Crippen LogP contribution in [0.1, 0.15) is 17.4 Å². The lowest BCUT2D eigenvalue weighted by atomic mass is 10.1. The summed E-state index contributed by atoms with van der Waals surface area (Å²) < 4.78 is 19.3. The number of H-pyrrole nitrogens is 1. The number of para-hydroxylation sites is 1. The van der Waals surface area contributed by atoms with E-state index < -0.39 is 23.7 Å². The predicted molar refractivity (Wildman–Crippen MR) is 104 cm³/mol. The number of benzene rings is 2. The fourth-order valence-electron chi connectivity index (χ4n) is 2.33. The normalized spacial score (nSPS) is 11.5. The maximum Gasteiger partial charge on any atom is 0.288 e. The lowest BCUT2D eigenvalue weighted by Crippen LogP contribution is -2.47. The van der Waals surface area contributed by atoms with Crippen LogP contribution in [0.4, 0.5) is 4.39 Å². The number of aromatic nitrogens is 2. The van der Waals surface area contributed by atoms with Crippen molar-refractivity contribution in [3.8, 4) is 17.0 Å². The highest BCUT2D eigenvalue weighted by Crippen LogP contribution is 2.28. The van der Waals surface area contributed by atoms with Gasteiger partial charge in [0.1, 0.15) is 11.4 Å². The average molecular weight is 447 g/mol. The molecule has 1 aromatic heterocycles. The fraction of sp³-hybridized carbons (Fsp3) is 0.105. The van der Waals surface area contributed by atoms with Crippen molar-refractivity contribution in [2.45, 2.75) is 13.0 Å². The van der Waals surface area contributed by atoms with Gasteiger partial charge in [0.2, 0.25) is 0 Å². The molecular formula is C19H16BrFN4O3. The Hall–Kier alpha value is -3.20. The fourth-order valence-corrected chi connectivity index (χ4v) is 2.92. The molecule has 0 fully saturated rings. The summed E-state index contributed by atoms with van der Waals surface area (Å²) in [6, 6.07) is 15.0. The van der Waals surface area contributed by atoms with E-state index >= 15 is 0 Å². The second-order valence-corrected chi connectivity index (χ2v) is 6.55. The first-order valence-electron chi connectivity index (χ1n) is 8.28. The molecule has 0 radical (unpaired) electrons. The molecule has 28 heavy (non-hydrogen) atoms. The minimum Gasteiger partial charge on any atom is -0.478 e. The molecule has 1 atom stereocenters. The van der Waals surface area contributed by atoms with E-state index in [1.165, 1.54) is 25.1 Å². The van der Waals surface area contributed by atoms with Crippen molar-refractivity contribution in [1.82, 2.24) is 21.0 Å². The lowest BCUT2D eigenvalue weighted by molar-refractivity contribution is -0.128. The second-order valence-electron chi connectivity index (χ2n) is 5.76. The standard InChI is InChI=1S/C19H16BrFN4O3/c1-11(28-14-10-6-5-9-13(14)21)18(26)24-25-19(27)17-15(20)16(22-23-17)12-7-3-2-4-8-12/h2-11H,1H3,(H,22,23)(H,24,26)(H,25,27). The van der Waals surface area contributed by atoms with E-state index in [9.17, 15) is 14.0 Å². The zero-order valence-electron chi connectivity index (χ0n) is 14.7. The molecule has 0 saturated carbocycles. The molecule has 7 nitrogen and oxygen atoms in total. The molecule has 1 heterocycles. The van der Waals surface area contributed by atoms with E-state index in [2.05, 4.69) is 37.0 Å². The average Bonchev–Trinajstić information content (AvgIpc) is 3.09. The van der Waals surface area contributed by atoms with Crippen LogP contribution < -0.4 is 15.6 Å². The Labute approximate surface area is 168 Å². The number of carbonyl (C=O) groups excluding carboxylic acids is 2. The quantitative estimate of drug-likeness (QED) is 0.524. The van der Waals surface area contributed by atoms with Crippen molar-refractivity contribution in [2.75, 3.05) is 0 Å². The summed E-state index contributed by atoms with van der Waals surface area (Å²) in [5.41, 5.74) is 6.04. The van der Waals surface area contributed by atoms with Crippen molar-refractivity contribution < 1.29 is 18.7 Å². The van der Waals surface area contributed by atoms with Crippen LogP contribution in [-0.4, -0.2) is 28.1 Å². The van der Waals surface area contributed by atoms with E-state index in [0.29, 0.717) is 10.2 Å². The van der Waals surface area contributed by atoms with Gasteiger partial charge in [-0.3, -0.25) is 25.5 Å². The van der Waals surface area contributed by atoms with Gasteiger partial charge in [-0.15, -0.1) is 0 Å². The molecule has 0 saturated heterocycles. The molecule has 2 aromatic carbocycles. The van der Waals surface area contributed by atoms with Crippen molar-refractivity contribution in [3.05, 3.63) is 70.6 Å². The largest absolute Gasteiger partial charge is 0.478 e. The van der Waals surface area contributed by atoms with E-state index in [4.69, 9.17) is 4.74 Å². The number of halogens is 2. The zero-order chi connectivity index (χ0) is 20.1. The van der Waals surface area contributed by atoms with Gasteiger partial charge in [0.05, 0.1) is 4.47 Å². The number of nitrogens with zero attached hydrogens (tertiary/aromatic N) is 1. The number of amides is 2. The van der Waals surface area contributed by atoms with Crippen LogP contribution >= 0.6 is 15.9 Å². The molecule has 0 aliphatic carbocycles. The lowest BCUT2D eigenvalue weighted by Gasteiger charge is -2.15. The number of hydrazine groups is 1. The molecule has 3 aromatic rings. The van der Waals surface area contributed by atoms with Crippen molar-refractivity contribution in [3.63, 3.8) is 0 Å². The minimum absolute atomic E-state index is 0.0553. The summed E-state index contributed by atoms with van der Waals surface area (Å²) in [4.78, 5) is 24.4. The molecule has 2 amide bonds. The zero-order valence-corrected chi connectivity index (χ0v) is 16.3. The highest BCUT2D eigenvalue weighted by atomic mass is 79.9. The van der Waals surface area contributed by atoms with Gasteiger partial charge in [0.15, 0.2) is 17.7 Å². The summed E-state index contributed by atoms with van der Waals surface area (Å²) in [7, 11) is 0. The van der Waals surface area contributed by atoms with E-state index in [1.807, 2.05) is 30.3 Å². The van der Waals surface area contributed by atoms with Crippen LogP contribution in [0.5, 0.6) is 5.75 Å². The Morgan fingerprint density at radius 2 is 1.79 bits per heavy atom. The summed E-state index contributed by atoms with van der Waals surface area (Å²) >= 11 is 3.34. The van der Waals surface area contributed by atoms with Gasteiger partial charge in [-0.25, -0.2) is 4.39 Å². The molecule has 3 N–H and O–H groups in total. The van der Waals surface area contributed by atoms with E-state index in [0.717, 1.165) is 5.56 Å². The Morgan fingerprint density at radius 1 is 1.11 bits per heavy atom. The number of ether oxygens (including phenoxy) is 1. The van der Waals surface area contributed by atoms with Gasteiger partial charge in [-0.2, -0.15) is 5.10 Å². The minimum atomic E-state index is -1.03. The van der Waals surface area contributed by atoms with E-state index in [-0.39, 0.29) is 11.4 Å². The third-order valence-electron chi connectivity index (χ3n) is 3.79. The van der Waals surface area contributed by atoms with Gasteiger partial charge in [0.25, 0.3) is 11.8 Å². The van der Waals surface area contributed by atoms with Crippen molar-refractivity contribution in [2.24, 2.45) is 0 Å². The first-order valence-corrected chi connectivity index (χ1v) is 9.07. The third-order valence-corrected chi connectivity index (χ3v) is 4.56. The number of hydrogen-bond acceptors (Lipinski definition) is 4. The number of aromatic amines is 1. The van der Waals surface area contributed by atoms with Gasteiger partial charge in [-0.1, -0.05) is 42.5 Å². The Kier molecular flexibility index (Phi) is 6.05. The summed E-state index contributed by atoms with van der Waals surface area (Å²) in [6.45, 7) is 1.44. The first kappa shape index (κ1) is 19.6. The molecule has 0 spiro atoms. The Morgan fingerprint density at radius 3 is 2.50 bits per heavy atom. The summed E-state index contributed by atoms with van der Waals surface area (Å²) in [5, 5.41) is 6.75. The summed E-state index contributed by atoms with van der Waals surface area (Å²) in [6.07, 6.45) is -1.03. The van der Waals surface area contributed by atoms with Gasteiger partial charge in [-0.05, 0) is 35.0 Å². The number of carbonyl (C=O) groups is 2. The van der Waals surface area contributed by atoms with Crippen LogP contribution in [0.3, 0.4) is 0 Å². The highest BCUT2D eigenvalue weighted by molar-refractivity contribution is 9.10. The van der Waals surface area contributed by atoms with Crippen molar-refractivity contribution in [1.29, 1.82) is 0 Å². The molecule has 3 rings (SSSR count). The van der Waals surface area contributed by atoms with Crippen LogP contribution in [0, 0.1) is 5.82 Å². The predicted octanol–water partition coefficient (Wildman–Crippen LogP) is 3.21. The molecular weight excluding hydrogens is 431 g/mol. The van der Waals surface area contributed by atoms with Gasteiger partial charge >= 0.3 is 0 Å². The second kappa shape index (κ2) is 8.66. The highest BCUT2D eigenvalue weighted by Gasteiger charge is 2.21. The molecule has 0 bridgehead atoms. The van der Waals surface area contributed by atoms with Crippen LogP contribution in [0.2, 0.25) is 0 Å². The first-order chi connectivity index (χ1) is 13.5. The number of nitrogens with one attached hydrogen (secondary N) is 3. The molecule has 144 valence electrons. The van der Waals surface area contributed by atoms with E-state index in [1.54, 1.807) is 6.07 Å². The van der Waals surface area contributed by atoms with Gasteiger partial charge < -0.3 is 4.74 Å². The van der Waals surface area contributed by atoms with Crippen LogP contribution in [-0.2, 0) is 4.79 Å². The maximum atomic E-state index is 13.6. The van der Waals surface area contributed by atoms with Crippen LogP contribution in [0.25, 0.3) is 11.3 Å². The number of hydrogen-bond donors (Lipinski definition) is 3. The molecule has 1 unspecified atom stereocenters. The molecule has 0 aliphatic heterocycles. The molecule has 9 heteroatoms. The SMILES string of the molecule is CC(Oc1ccccc1F)C(=O)NNC(=O)c1[nH]nc(-c2ccccc2)c1Br. The summed E-state index contributed by atoms with van der Waals surface area (Å²) in [5.74, 6) is -1.88. The molecule has 0 aliphatic rings. The monoisotopic (exact) mass is 446 g/mol. The smallest absolute Gasteiger partial charge is 0.288 e. The Bertz CT molecular complexity index is 994. The topological polar surface area (TPSA) is 96.1 Å². The van der Waals surface area contributed by atoms with Crippen LogP contribution in [0.15, 0.2) is 59.1 Å². The maximum absolute atomic E-state index is 13.6. The number of rotatable bonds is 5. The third kappa shape index (κ3) is 4.37.